The van der Waals surface area contributed by atoms with Crippen molar-refractivity contribution in [2.24, 2.45) is 0 Å². The summed E-state index contributed by atoms with van der Waals surface area (Å²) in [5.41, 5.74) is 6.82. The van der Waals surface area contributed by atoms with Gasteiger partial charge in [-0.1, -0.05) is 12.1 Å². The lowest BCUT2D eigenvalue weighted by Crippen LogP contribution is -2.27. The van der Waals surface area contributed by atoms with E-state index < -0.39 is 0 Å². The van der Waals surface area contributed by atoms with Crippen molar-refractivity contribution in [3.05, 3.63) is 42.1 Å². The van der Waals surface area contributed by atoms with Crippen LogP contribution in [0.2, 0.25) is 0 Å². The number of hydrogen-bond acceptors (Lipinski definition) is 6. The first-order chi connectivity index (χ1) is 10.1. The van der Waals surface area contributed by atoms with Gasteiger partial charge in [-0.3, -0.25) is 0 Å². The standard InChI is InChI=1S/C15H21N5O/c1-20(2)13(11-5-4-6-12(9-11)21-3)10-18-15-17-8-7-14(16)19-15/h4-9,13H,10H2,1-3H3,(H3,16,17,18,19). The van der Waals surface area contributed by atoms with Gasteiger partial charge in [0.2, 0.25) is 5.95 Å². The first-order valence-corrected chi connectivity index (χ1v) is 6.73. The Hall–Kier alpha value is -2.34. The van der Waals surface area contributed by atoms with E-state index in [0.717, 1.165) is 11.3 Å². The summed E-state index contributed by atoms with van der Waals surface area (Å²) in [6.07, 6.45) is 1.64. The van der Waals surface area contributed by atoms with Crippen molar-refractivity contribution in [1.29, 1.82) is 0 Å². The summed E-state index contributed by atoms with van der Waals surface area (Å²) >= 11 is 0. The molecule has 0 amide bonds. The minimum atomic E-state index is 0.171. The highest BCUT2D eigenvalue weighted by Gasteiger charge is 2.15. The first kappa shape index (κ1) is 15.1. The van der Waals surface area contributed by atoms with Crippen molar-refractivity contribution >= 4 is 11.8 Å². The monoisotopic (exact) mass is 287 g/mol. The molecule has 1 heterocycles. The van der Waals surface area contributed by atoms with Gasteiger partial charge in [-0.2, -0.15) is 4.98 Å². The Balaban J connectivity index is 2.12. The van der Waals surface area contributed by atoms with Crippen LogP contribution >= 0.6 is 0 Å². The summed E-state index contributed by atoms with van der Waals surface area (Å²) in [5, 5.41) is 3.22. The third-order valence-corrected chi connectivity index (χ3v) is 3.23. The molecule has 21 heavy (non-hydrogen) atoms. The Kier molecular flexibility index (Phi) is 4.94. The van der Waals surface area contributed by atoms with E-state index in [4.69, 9.17) is 10.5 Å². The first-order valence-electron chi connectivity index (χ1n) is 6.73. The highest BCUT2D eigenvalue weighted by molar-refractivity contribution is 5.36. The van der Waals surface area contributed by atoms with Crippen LogP contribution in [0.3, 0.4) is 0 Å². The maximum Gasteiger partial charge on any atom is 0.224 e. The van der Waals surface area contributed by atoms with Crippen LogP contribution in [0.25, 0.3) is 0 Å². The fraction of sp³-hybridized carbons (Fsp3) is 0.333. The lowest BCUT2D eigenvalue weighted by molar-refractivity contribution is 0.310. The van der Waals surface area contributed by atoms with Gasteiger partial charge >= 0.3 is 0 Å². The van der Waals surface area contributed by atoms with Crippen LogP contribution in [-0.2, 0) is 0 Å². The van der Waals surface area contributed by atoms with Gasteiger partial charge in [0, 0.05) is 12.7 Å². The lowest BCUT2D eigenvalue weighted by atomic mass is 10.1. The predicted octanol–water partition coefficient (Wildman–Crippen LogP) is 1.78. The zero-order valence-corrected chi connectivity index (χ0v) is 12.6. The van der Waals surface area contributed by atoms with Gasteiger partial charge in [0.25, 0.3) is 0 Å². The fourth-order valence-electron chi connectivity index (χ4n) is 2.09. The van der Waals surface area contributed by atoms with Crippen LogP contribution in [-0.4, -0.2) is 42.6 Å². The highest BCUT2D eigenvalue weighted by atomic mass is 16.5. The molecule has 6 nitrogen and oxygen atoms in total. The molecule has 6 heteroatoms. The SMILES string of the molecule is COc1cccc(C(CNc2nccc(N)n2)N(C)C)c1. The molecule has 0 aliphatic carbocycles. The summed E-state index contributed by atoms with van der Waals surface area (Å²) in [6.45, 7) is 0.670. The van der Waals surface area contributed by atoms with Crippen molar-refractivity contribution in [2.75, 3.05) is 38.8 Å². The number of anilines is 2. The second-order valence-electron chi connectivity index (χ2n) is 4.94. The van der Waals surface area contributed by atoms with E-state index >= 15 is 0 Å². The average Bonchev–Trinajstić information content (AvgIpc) is 2.47. The van der Waals surface area contributed by atoms with Gasteiger partial charge in [-0.25, -0.2) is 4.98 Å². The summed E-state index contributed by atoms with van der Waals surface area (Å²) in [7, 11) is 5.74. The number of rotatable bonds is 6. The Labute approximate surface area is 125 Å². The largest absolute Gasteiger partial charge is 0.497 e. The molecular formula is C15H21N5O. The van der Waals surface area contributed by atoms with E-state index in [1.807, 2.05) is 32.3 Å². The second kappa shape index (κ2) is 6.90. The van der Waals surface area contributed by atoms with E-state index in [0.29, 0.717) is 18.3 Å². The van der Waals surface area contributed by atoms with E-state index in [1.54, 1.807) is 19.4 Å². The smallest absolute Gasteiger partial charge is 0.224 e. The topological polar surface area (TPSA) is 76.3 Å². The Morgan fingerprint density at radius 2 is 2.14 bits per heavy atom. The summed E-state index contributed by atoms with van der Waals surface area (Å²) in [6, 6.07) is 9.87. The fourth-order valence-corrected chi connectivity index (χ4v) is 2.09. The van der Waals surface area contributed by atoms with Crippen LogP contribution in [0.15, 0.2) is 36.5 Å². The van der Waals surface area contributed by atoms with Gasteiger partial charge in [0.1, 0.15) is 11.6 Å². The number of benzene rings is 1. The van der Waals surface area contributed by atoms with E-state index in [2.05, 4.69) is 26.3 Å². The molecule has 2 aromatic rings. The number of hydrogen-bond donors (Lipinski definition) is 2. The molecule has 0 radical (unpaired) electrons. The highest BCUT2D eigenvalue weighted by Crippen LogP contribution is 2.22. The van der Waals surface area contributed by atoms with E-state index in [1.165, 1.54) is 0 Å². The molecule has 112 valence electrons. The number of nitrogen functional groups attached to an aromatic ring is 1. The molecule has 1 atom stereocenters. The van der Waals surface area contributed by atoms with Crippen LogP contribution in [0.5, 0.6) is 5.75 Å². The molecule has 1 unspecified atom stereocenters. The van der Waals surface area contributed by atoms with Gasteiger partial charge in [-0.15, -0.1) is 0 Å². The number of likely N-dealkylation sites (N-methyl/N-ethyl adjacent to an activating group) is 1. The number of nitrogens with zero attached hydrogens (tertiary/aromatic N) is 3. The van der Waals surface area contributed by atoms with Crippen molar-refractivity contribution < 1.29 is 4.74 Å². The quantitative estimate of drug-likeness (QED) is 0.843. The zero-order valence-electron chi connectivity index (χ0n) is 12.6. The maximum atomic E-state index is 5.66. The molecular weight excluding hydrogens is 266 g/mol. The van der Waals surface area contributed by atoms with Crippen LogP contribution in [0, 0.1) is 0 Å². The van der Waals surface area contributed by atoms with Crippen molar-refractivity contribution in [3.63, 3.8) is 0 Å². The van der Waals surface area contributed by atoms with E-state index in [-0.39, 0.29) is 6.04 Å². The summed E-state index contributed by atoms with van der Waals surface area (Å²) < 4.78 is 5.28. The van der Waals surface area contributed by atoms with Gasteiger partial charge < -0.3 is 20.7 Å². The normalized spacial score (nSPS) is 12.2. The summed E-state index contributed by atoms with van der Waals surface area (Å²) in [5.74, 6) is 1.83. The average molecular weight is 287 g/mol. The minimum absolute atomic E-state index is 0.171. The van der Waals surface area contributed by atoms with Gasteiger partial charge in [0.05, 0.1) is 13.2 Å². The predicted molar refractivity (Wildman–Crippen MR) is 84.4 cm³/mol. The Morgan fingerprint density at radius 3 is 2.81 bits per heavy atom. The molecule has 0 aliphatic heterocycles. The molecule has 0 spiro atoms. The van der Waals surface area contributed by atoms with Crippen molar-refractivity contribution in [2.45, 2.75) is 6.04 Å². The molecule has 3 N–H and O–H groups in total. The molecule has 0 saturated carbocycles. The molecule has 0 aliphatic rings. The van der Waals surface area contributed by atoms with Gasteiger partial charge in [-0.05, 0) is 37.9 Å². The lowest BCUT2D eigenvalue weighted by Gasteiger charge is -2.25. The molecule has 0 saturated heterocycles. The number of nitrogens with two attached hydrogens (primary N) is 1. The van der Waals surface area contributed by atoms with Crippen LogP contribution in [0.4, 0.5) is 11.8 Å². The van der Waals surface area contributed by atoms with Crippen molar-refractivity contribution in [3.8, 4) is 5.75 Å². The molecule has 1 aromatic heterocycles. The minimum Gasteiger partial charge on any atom is -0.497 e. The number of nitrogens with one attached hydrogen (secondary N) is 1. The van der Waals surface area contributed by atoms with E-state index in [9.17, 15) is 0 Å². The maximum absolute atomic E-state index is 5.66. The summed E-state index contributed by atoms with van der Waals surface area (Å²) in [4.78, 5) is 10.4. The second-order valence-corrected chi connectivity index (χ2v) is 4.94. The molecule has 0 fully saturated rings. The van der Waals surface area contributed by atoms with Crippen LogP contribution < -0.4 is 15.8 Å². The molecule has 1 aromatic carbocycles. The Bertz CT molecular complexity index is 588. The number of aromatic nitrogens is 2. The number of methoxy groups -OCH3 is 1. The third-order valence-electron chi connectivity index (χ3n) is 3.23. The molecule has 2 rings (SSSR count). The third kappa shape index (κ3) is 4.06. The van der Waals surface area contributed by atoms with Gasteiger partial charge in [0.15, 0.2) is 0 Å². The number of ether oxygens (including phenoxy) is 1. The van der Waals surface area contributed by atoms with Crippen LogP contribution in [0.1, 0.15) is 11.6 Å². The van der Waals surface area contributed by atoms with Crippen molar-refractivity contribution in [1.82, 2.24) is 14.9 Å². The zero-order chi connectivity index (χ0) is 15.2. The Morgan fingerprint density at radius 1 is 1.33 bits per heavy atom. The molecule has 0 bridgehead atoms.